The average Bonchev–Trinajstić information content (AvgIpc) is 2.81. The molecule has 1 aliphatic heterocycles. The Morgan fingerprint density at radius 2 is 2.25 bits per heavy atom. The van der Waals surface area contributed by atoms with Crippen LogP contribution in [0.3, 0.4) is 0 Å². The third kappa shape index (κ3) is 1.12. The van der Waals surface area contributed by atoms with Crippen molar-refractivity contribution in [3.8, 4) is 0 Å². The SMILES string of the molecule is C[C@@H]1CN(C(=O)C2CC2)[C@@H]1CN. The summed E-state index contributed by atoms with van der Waals surface area (Å²) in [5.41, 5.74) is 5.58. The number of hydrogen-bond acceptors (Lipinski definition) is 2. The number of rotatable bonds is 2. The lowest BCUT2D eigenvalue weighted by molar-refractivity contribution is -0.143. The Kier molecular flexibility index (Phi) is 1.83. The van der Waals surface area contributed by atoms with Gasteiger partial charge >= 0.3 is 0 Å². The van der Waals surface area contributed by atoms with Gasteiger partial charge in [-0.1, -0.05) is 6.92 Å². The lowest BCUT2D eigenvalue weighted by Crippen LogP contribution is -2.61. The van der Waals surface area contributed by atoms with Crippen LogP contribution in [0.2, 0.25) is 0 Å². The van der Waals surface area contributed by atoms with Gasteiger partial charge in [-0.25, -0.2) is 0 Å². The summed E-state index contributed by atoms with van der Waals surface area (Å²) in [6.45, 7) is 3.71. The van der Waals surface area contributed by atoms with Crippen LogP contribution in [0.1, 0.15) is 19.8 Å². The highest BCUT2D eigenvalue weighted by molar-refractivity contribution is 5.82. The van der Waals surface area contributed by atoms with Crippen molar-refractivity contribution in [3.05, 3.63) is 0 Å². The summed E-state index contributed by atoms with van der Waals surface area (Å²) < 4.78 is 0. The predicted octanol–water partition coefficient (Wildman–Crippen LogP) is 0.202. The van der Waals surface area contributed by atoms with Crippen LogP contribution < -0.4 is 5.73 Å². The molecule has 2 rings (SSSR count). The van der Waals surface area contributed by atoms with Gasteiger partial charge in [0.1, 0.15) is 0 Å². The molecular formula is C9H16N2O. The molecule has 0 spiro atoms. The van der Waals surface area contributed by atoms with Gasteiger partial charge in [0.05, 0.1) is 0 Å². The first kappa shape index (κ1) is 8.05. The second-order valence-corrected chi connectivity index (χ2v) is 4.05. The molecule has 0 unspecified atom stereocenters. The maximum atomic E-state index is 11.6. The van der Waals surface area contributed by atoms with E-state index in [4.69, 9.17) is 5.73 Å². The van der Waals surface area contributed by atoms with Crippen LogP contribution >= 0.6 is 0 Å². The summed E-state index contributed by atoms with van der Waals surface area (Å²) >= 11 is 0. The van der Waals surface area contributed by atoms with E-state index in [9.17, 15) is 4.79 Å². The van der Waals surface area contributed by atoms with Gasteiger partial charge in [-0.2, -0.15) is 0 Å². The summed E-state index contributed by atoms with van der Waals surface area (Å²) in [6.07, 6.45) is 2.20. The zero-order chi connectivity index (χ0) is 8.72. The number of nitrogens with zero attached hydrogens (tertiary/aromatic N) is 1. The molecule has 0 radical (unpaired) electrons. The van der Waals surface area contributed by atoms with Gasteiger partial charge in [0.25, 0.3) is 0 Å². The fourth-order valence-corrected chi connectivity index (χ4v) is 1.91. The molecule has 1 saturated heterocycles. The molecule has 68 valence electrons. The molecule has 3 heteroatoms. The maximum absolute atomic E-state index is 11.6. The van der Waals surface area contributed by atoms with Crippen LogP contribution in [0.5, 0.6) is 0 Å². The van der Waals surface area contributed by atoms with E-state index >= 15 is 0 Å². The van der Waals surface area contributed by atoms with Crippen molar-refractivity contribution >= 4 is 5.91 Å². The van der Waals surface area contributed by atoms with Crippen molar-refractivity contribution in [3.63, 3.8) is 0 Å². The second-order valence-electron chi connectivity index (χ2n) is 4.05. The van der Waals surface area contributed by atoms with Crippen molar-refractivity contribution in [1.82, 2.24) is 4.90 Å². The number of carbonyl (C=O) groups is 1. The molecule has 2 aliphatic rings. The van der Waals surface area contributed by atoms with Crippen molar-refractivity contribution in [2.24, 2.45) is 17.6 Å². The van der Waals surface area contributed by atoms with Gasteiger partial charge in [-0.15, -0.1) is 0 Å². The molecule has 1 amide bonds. The summed E-state index contributed by atoms with van der Waals surface area (Å²) in [4.78, 5) is 13.5. The Bertz CT molecular complexity index is 201. The van der Waals surface area contributed by atoms with Gasteiger partial charge in [-0.3, -0.25) is 4.79 Å². The zero-order valence-corrected chi connectivity index (χ0v) is 7.49. The minimum atomic E-state index is 0.332. The van der Waals surface area contributed by atoms with Crippen LogP contribution in [0.4, 0.5) is 0 Å². The summed E-state index contributed by atoms with van der Waals surface area (Å²) in [7, 11) is 0. The summed E-state index contributed by atoms with van der Waals surface area (Å²) in [5, 5.41) is 0. The third-order valence-corrected chi connectivity index (χ3v) is 2.99. The predicted molar refractivity (Wildman–Crippen MR) is 46.4 cm³/mol. The summed E-state index contributed by atoms with van der Waals surface area (Å²) in [6, 6.07) is 0.332. The van der Waals surface area contributed by atoms with Gasteiger partial charge in [0, 0.05) is 25.0 Å². The zero-order valence-electron chi connectivity index (χ0n) is 7.49. The average molecular weight is 168 g/mol. The molecule has 2 N–H and O–H groups in total. The molecule has 0 aromatic carbocycles. The topological polar surface area (TPSA) is 46.3 Å². The molecule has 1 aliphatic carbocycles. The molecular weight excluding hydrogens is 152 g/mol. The van der Waals surface area contributed by atoms with Crippen molar-refractivity contribution in [2.45, 2.75) is 25.8 Å². The first-order valence-electron chi connectivity index (χ1n) is 4.74. The summed E-state index contributed by atoms with van der Waals surface area (Å²) in [5.74, 6) is 1.31. The van der Waals surface area contributed by atoms with E-state index in [0.717, 1.165) is 19.4 Å². The number of hydrogen-bond donors (Lipinski definition) is 1. The maximum Gasteiger partial charge on any atom is 0.225 e. The first-order chi connectivity index (χ1) is 5.74. The van der Waals surface area contributed by atoms with E-state index < -0.39 is 0 Å². The molecule has 1 heterocycles. The number of carbonyl (C=O) groups excluding carboxylic acids is 1. The van der Waals surface area contributed by atoms with Crippen molar-refractivity contribution < 1.29 is 4.79 Å². The molecule has 2 fully saturated rings. The highest BCUT2D eigenvalue weighted by Gasteiger charge is 2.43. The molecule has 3 nitrogen and oxygen atoms in total. The minimum Gasteiger partial charge on any atom is -0.338 e. The molecule has 12 heavy (non-hydrogen) atoms. The molecule has 1 saturated carbocycles. The van der Waals surface area contributed by atoms with Crippen molar-refractivity contribution in [2.75, 3.05) is 13.1 Å². The first-order valence-corrected chi connectivity index (χ1v) is 4.74. The lowest BCUT2D eigenvalue weighted by Gasteiger charge is -2.46. The molecule has 2 atom stereocenters. The quantitative estimate of drug-likeness (QED) is 0.640. The Morgan fingerprint density at radius 1 is 1.58 bits per heavy atom. The Balaban J connectivity index is 1.92. The van der Waals surface area contributed by atoms with E-state index in [-0.39, 0.29) is 0 Å². The Morgan fingerprint density at radius 3 is 2.67 bits per heavy atom. The van der Waals surface area contributed by atoms with Gasteiger partial charge < -0.3 is 10.6 Å². The smallest absolute Gasteiger partial charge is 0.225 e. The van der Waals surface area contributed by atoms with Gasteiger partial charge in [0.2, 0.25) is 5.91 Å². The van der Waals surface area contributed by atoms with Gasteiger partial charge in [-0.05, 0) is 18.8 Å². The van der Waals surface area contributed by atoms with Crippen LogP contribution in [0.25, 0.3) is 0 Å². The molecule has 0 aromatic heterocycles. The second kappa shape index (κ2) is 2.73. The fourth-order valence-electron chi connectivity index (χ4n) is 1.91. The molecule has 0 bridgehead atoms. The van der Waals surface area contributed by atoms with E-state index in [1.165, 1.54) is 0 Å². The van der Waals surface area contributed by atoms with Crippen LogP contribution in [-0.2, 0) is 4.79 Å². The normalized spacial score (nSPS) is 34.7. The number of amides is 1. The largest absolute Gasteiger partial charge is 0.338 e. The minimum absolute atomic E-state index is 0.332. The number of likely N-dealkylation sites (tertiary alicyclic amines) is 1. The van der Waals surface area contributed by atoms with E-state index in [2.05, 4.69) is 6.92 Å². The van der Waals surface area contributed by atoms with E-state index in [1.807, 2.05) is 4.90 Å². The fraction of sp³-hybridized carbons (Fsp3) is 0.889. The third-order valence-electron chi connectivity index (χ3n) is 2.99. The lowest BCUT2D eigenvalue weighted by atomic mass is 9.90. The van der Waals surface area contributed by atoms with Gasteiger partial charge in [0.15, 0.2) is 0 Å². The van der Waals surface area contributed by atoms with Crippen LogP contribution in [0.15, 0.2) is 0 Å². The highest BCUT2D eigenvalue weighted by atomic mass is 16.2. The van der Waals surface area contributed by atoms with E-state index in [1.54, 1.807) is 0 Å². The standard InChI is InChI=1S/C9H16N2O/c1-6-5-11(8(6)4-10)9(12)7-2-3-7/h6-8H,2-5,10H2,1H3/t6-,8-/m1/s1. The van der Waals surface area contributed by atoms with E-state index in [0.29, 0.717) is 30.3 Å². The Labute approximate surface area is 72.9 Å². The van der Waals surface area contributed by atoms with Crippen LogP contribution in [-0.4, -0.2) is 29.9 Å². The van der Waals surface area contributed by atoms with Crippen LogP contribution in [0, 0.1) is 11.8 Å². The Hall–Kier alpha value is -0.570. The highest BCUT2D eigenvalue weighted by Crippen LogP contribution is 2.35. The van der Waals surface area contributed by atoms with Crippen molar-refractivity contribution in [1.29, 1.82) is 0 Å². The monoisotopic (exact) mass is 168 g/mol. The number of nitrogens with two attached hydrogens (primary N) is 1. The molecule has 0 aromatic rings.